The van der Waals surface area contributed by atoms with Crippen LogP contribution in [0.5, 0.6) is 11.5 Å². The molecule has 1 aliphatic carbocycles. The molecule has 1 aromatic carbocycles. The smallest absolute Gasteiger partial charge is 0.306 e. The van der Waals surface area contributed by atoms with Crippen molar-refractivity contribution in [2.75, 3.05) is 0 Å². The molecule has 0 radical (unpaired) electrons. The molecule has 1 aliphatic rings. The first-order valence-electron chi connectivity index (χ1n) is 6.33. The average Bonchev–Trinajstić information content (AvgIpc) is 2.43. The maximum Gasteiger partial charge on any atom is 0.306 e. The van der Waals surface area contributed by atoms with Gasteiger partial charge in [-0.15, -0.1) is 0 Å². The Labute approximate surface area is 116 Å². The molecule has 0 amide bonds. The fraction of sp³-hybridized carbons (Fsp3) is 0.429. The number of aliphatic carboxylic acids is 2. The van der Waals surface area contributed by atoms with Crippen LogP contribution in [0.3, 0.4) is 0 Å². The Morgan fingerprint density at radius 2 is 1.00 bits per heavy atom. The normalized spacial score (nSPS) is 21.4. The van der Waals surface area contributed by atoms with Crippen LogP contribution in [0, 0.1) is 11.8 Å². The molecule has 2 rings (SSSR count). The molecule has 1 aromatic rings. The van der Waals surface area contributed by atoms with Crippen molar-refractivity contribution in [1.29, 1.82) is 0 Å². The summed E-state index contributed by atoms with van der Waals surface area (Å²) in [6.45, 7) is 0. The highest BCUT2D eigenvalue weighted by Gasteiger charge is 2.29. The second-order valence-electron chi connectivity index (χ2n) is 4.74. The topological polar surface area (TPSA) is 115 Å². The van der Waals surface area contributed by atoms with E-state index in [9.17, 15) is 9.59 Å². The number of carboxylic acid groups (broad SMARTS) is 2. The number of carboxylic acids is 2. The molecule has 0 saturated heterocycles. The summed E-state index contributed by atoms with van der Waals surface area (Å²) >= 11 is 0. The summed E-state index contributed by atoms with van der Waals surface area (Å²) in [5.41, 5.74) is 0. The van der Waals surface area contributed by atoms with E-state index in [2.05, 4.69) is 0 Å². The predicted octanol–water partition coefficient (Wildman–Crippen LogP) is 2.06. The molecule has 6 heteroatoms. The lowest BCUT2D eigenvalue weighted by molar-refractivity contribution is -0.148. The molecular formula is C14H18O6. The van der Waals surface area contributed by atoms with E-state index < -0.39 is 11.9 Å². The number of benzene rings is 1. The lowest BCUT2D eigenvalue weighted by Crippen LogP contribution is -2.25. The summed E-state index contributed by atoms with van der Waals surface area (Å²) in [5.74, 6) is -1.88. The van der Waals surface area contributed by atoms with E-state index >= 15 is 0 Å². The van der Waals surface area contributed by atoms with Gasteiger partial charge in [0, 0.05) is 0 Å². The highest BCUT2D eigenvalue weighted by atomic mass is 16.4. The molecule has 6 nitrogen and oxygen atoms in total. The zero-order valence-corrected chi connectivity index (χ0v) is 10.9. The van der Waals surface area contributed by atoms with Gasteiger partial charge < -0.3 is 20.4 Å². The van der Waals surface area contributed by atoms with Crippen LogP contribution in [0.15, 0.2) is 24.3 Å². The number of rotatable bonds is 2. The van der Waals surface area contributed by atoms with Gasteiger partial charge in [0.05, 0.1) is 11.8 Å². The van der Waals surface area contributed by atoms with Crippen molar-refractivity contribution in [3.05, 3.63) is 24.3 Å². The maximum absolute atomic E-state index is 10.5. The van der Waals surface area contributed by atoms with Crippen LogP contribution < -0.4 is 0 Å². The highest BCUT2D eigenvalue weighted by molar-refractivity contribution is 5.72. The molecule has 1 saturated carbocycles. The van der Waals surface area contributed by atoms with Crippen molar-refractivity contribution in [3.8, 4) is 11.5 Å². The summed E-state index contributed by atoms with van der Waals surface area (Å²) in [7, 11) is 0. The number of phenolic OH excluding ortho intramolecular Hbond substituents is 2. The molecule has 0 heterocycles. The monoisotopic (exact) mass is 282 g/mol. The molecule has 4 N–H and O–H groups in total. The first-order chi connectivity index (χ1) is 9.40. The largest absolute Gasteiger partial charge is 0.508 e. The maximum atomic E-state index is 10.5. The predicted molar refractivity (Wildman–Crippen MR) is 70.5 cm³/mol. The van der Waals surface area contributed by atoms with Gasteiger partial charge in [0.15, 0.2) is 0 Å². The van der Waals surface area contributed by atoms with Gasteiger partial charge in [0.1, 0.15) is 11.5 Å². The Morgan fingerprint density at radius 1 is 0.750 bits per heavy atom. The van der Waals surface area contributed by atoms with Crippen LogP contribution in [0.2, 0.25) is 0 Å². The molecule has 0 unspecified atom stereocenters. The zero-order chi connectivity index (χ0) is 15.1. The molecule has 20 heavy (non-hydrogen) atoms. The first kappa shape index (κ1) is 15.8. The summed E-state index contributed by atoms with van der Waals surface area (Å²) in [6, 6.07) is 5.70. The van der Waals surface area contributed by atoms with Crippen LogP contribution in [-0.4, -0.2) is 32.4 Å². The number of hydrogen-bond acceptors (Lipinski definition) is 4. The SMILES string of the molecule is O=C(O)[C@H]1CC[C@H](C(=O)O)CC1.Oc1ccc(O)cc1. The second kappa shape index (κ2) is 7.37. The van der Waals surface area contributed by atoms with Crippen molar-refractivity contribution in [2.45, 2.75) is 25.7 Å². The molecule has 1 fully saturated rings. The fourth-order valence-corrected chi connectivity index (χ4v) is 2.04. The average molecular weight is 282 g/mol. The van der Waals surface area contributed by atoms with Gasteiger partial charge in [-0.1, -0.05) is 0 Å². The van der Waals surface area contributed by atoms with E-state index in [0.717, 1.165) is 0 Å². The number of phenols is 2. The third-order valence-corrected chi connectivity index (χ3v) is 3.28. The quantitative estimate of drug-likeness (QED) is 0.617. The third kappa shape index (κ3) is 5.17. The number of hydrogen-bond donors (Lipinski definition) is 4. The van der Waals surface area contributed by atoms with Crippen molar-refractivity contribution in [1.82, 2.24) is 0 Å². The summed E-state index contributed by atoms with van der Waals surface area (Å²) < 4.78 is 0. The standard InChI is InChI=1S/C8H12O4.C6H6O2/c9-7(10)5-1-2-6(4-3-5)8(11)12;7-5-1-2-6(8)4-3-5/h5-6H,1-4H2,(H,9,10)(H,11,12);1-4,7-8H/t5-,6-;. The number of aromatic hydroxyl groups is 2. The minimum Gasteiger partial charge on any atom is -0.508 e. The van der Waals surface area contributed by atoms with Crippen molar-refractivity contribution < 1.29 is 30.0 Å². The molecule has 0 spiro atoms. The van der Waals surface area contributed by atoms with E-state index in [4.69, 9.17) is 20.4 Å². The Bertz CT molecular complexity index is 402. The fourth-order valence-electron chi connectivity index (χ4n) is 2.04. The molecule has 0 atom stereocenters. The Kier molecular flexibility index (Phi) is 5.83. The van der Waals surface area contributed by atoms with E-state index in [0.29, 0.717) is 25.7 Å². The number of carbonyl (C=O) groups is 2. The van der Waals surface area contributed by atoms with Gasteiger partial charge >= 0.3 is 11.9 Å². The van der Waals surface area contributed by atoms with Gasteiger partial charge in [0.2, 0.25) is 0 Å². The first-order valence-corrected chi connectivity index (χ1v) is 6.33. The minimum absolute atomic E-state index is 0.169. The minimum atomic E-state index is -0.793. The van der Waals surface area contributed by atoms with Gasteiger partial charge in [-0.2, -0.15) is 0 Å². The van der Waals surface area contributed by atoms with Gasteiger partial charge in [-0.05, 0) is 49.9 Å². The summed E-state index contributed by atoms with van der Waals surface area (Å²) in [6.07, 6.45) is 2.03. The highest BCUT2D eigenvalue weighted by Crippen LogP contribution is 2.28. The van der Waals surface area contributed by atoms with Crippen LogP contribution in [0.25, 0.3) is 0 Å². The van der Waals surface area contributed by atoms with Crippen molar-refractivity contribution in [3.63, 3.8) is 0 Å². The summed E-state index contributed by atoms with van der Waals surface area (Å²) in [5, 5.41) is 34.5. The Hall–Kier alpha value is -2.24. The molecule has 0 aromatic heterocycles. The molecule has 0 bridgehead atoms. The van der Waals surface area contributed by atoms with E-state index in [1.54, 1.807) is 0 Å². The molecule has 0 aliphatic heterocycles. The Morgan fingerprint density at radius 3 is 1.20 bits per heavy atom. The van der Waals surface area contributed by atoms with Gasteiger partial charge in [0.25, 0.3) is 0 Å². The molecular weight excluding hydrogens is 264 g/mol. The lowest BCUT2D eigenvalue weighted by Gasteiger charge is -2.22. The van der Waals surface area contributed by atoms with Crippen molar-refractivity contribution >= 4 is 11.9 Å². The zero-order valence-electron chi connectivity index (χ0n) is 10.9. The summed E-state index contributed by atoms with van der Waals surface area (Å²) in [4.78, 5) is 21.0. The van der Waals surface area contributed by atoms with E-state index in [1.165, 1.54) is 24.3 Å². The molecule has 110 valence electrons. The van der Waals surface area contributed by atoms with Gasteiger partial charge in [-0.25, -0.2) is 0 Å². The lowest BCUT2D eigenvalue weighted by atomic mass is 9.82. The van der Waals surface area contributed by atoms with E-state index in [1.807, 2.05) is 0 Å². The van der Waals surface area contributed by atoms with Crippen LogP contribution in [-0.2, 0) is 9.59 Å². The van der Waals surface area contributed by atoms with Crippen molar-refractivity contribution in [2.24, 2.45) is 11.8 Å². The third-order valence-electron chi connectivity index (χ3n) is 3.28. The van der Waals surface area contributed by atoms with Crippen LogP contribution in [0.1, 0.15) is 25.7 Å². The van der Waals surface area contributed by atoms with Crippen LogP contribution >= 0.6 is 0 Å². The Balaban J connectivity index is 0.000000217. The van der Waals surface area contributed by atoms with E-state index in [-0.39, 0.29) is 23.3 Å². The second-order valence-corrected chi connectivity index (χ2v) is 4.74. The van der Waals surface area contributed by atoms with Gasteiger partial charge in [-0.3, -0.25) is 9.59 Å². The van der Waals surface area contributed by atoms with Crippen LogP contribution in [0.4, 0.5) is 0 Å².